The third-order valence-corrected chi connectivity index (χ3v) is 5.44. The SMILES string of the molecule is Cc1ccsc1/C=C/C(=O)N1CCCC1c1nnc2ccccn12. The predicted molar refractivity (Wildman–Crippen MR) is 94.8 cm³/mol. The molecule has 1 aliphatic rings. The second kappa shape index (κ2) is 6.20. The highest BCUT2D eigenvalue weighted by molar-refractivity contribution is 7.11. The minimum atomic E-state index is -0.0102. The van der Waals surface area contributed by atoms with Gasteiger partial charge in [0.25, 0.3) is 0 Å². The molecule has 3 aromatic heterocycles. The highest BCUT2D eigenvalue weighted by Gasteiger charge is 2.32. The summed E-state index contributed by atoms with van der Waals surface area (Å²) in [5, 5.41) is 10.6. The molecule has 1 saturated heterocycles. The Morgan fingerprint density at radius 2 is 2.25 bits per heavy atom. The molecule has 0 N–H and O–H groups in total. The fourth-order valence-corrected chi connectivity index (χ4v) is 4.00. The third-order valence-electron chi connectivity index (χ3n) is 4.45. The van der Waals surface area contributed by atoms with Crippen molar-refractivity contribution in [1.82, 2.24) is 19.5 Å². The van der Waals surface area contributed by atoms with Gasteiger partial charge < -0.3 is 4.90 Å². The fraction of sp³-hybridized carbons (Fsp3) is 0.278. The van der Waals surface area contributed by atoms with Crippen molar-refractivity contribution in [1.29, 1.82) is 0 Å². The van der Waals surface area contributed by atoms with Gasteiger partial charge in [0, 0.05) is 23.7 Å². The van der Waals surface area contributed by atoms with Gasteiger partial charge in [-0.25, -0.2) is 0 Å². The molecule has 3 aromatic rings. The zero-order valence-electron chi connectivity index (χ0n) is 13.4. The number of amides is 1. The van der Waals surface area contributed by atoms with Crippen molar-refractivity contribution in [3.05, 3.63) is 58.2 Å². The van der Waals surface area contributed by atoms with Crippen LogP contribution >= 0.6 is 11.3 Å². The summed E-state index contributed by atoms with van der Waals surface area (Å²) in [6.45, 7) is 2.82. The number of carbonyl (C=O) groups is 1. The van der Waals surface area contributed by atoms with Crippen molar-refractivity contribution in [2.75, 3.05) is 6.54 Å². The molecular weight excluding hydrogens is 320 g/mol. The summed E-state index contributed by atoms with van der Waals surface area (Å²) in [6.07, 6.45) is 7.47. The van der Waals surface area contributed by atoms with Crippen molar-refractivity contribution < 1.29 is 4.79 Å². The molecular formula is C18H18N4OS. The minimum absolute atomic E-state index is 0.0102. The first-order valence-electron chi connectivity index (χ1n) is 8.06. The quantitative estimate of drug-likeness (QED) is 0.687. The lowest BCUT2D eigenvalue weighted by Crippen LogP contribution is -2.30. The zero-order valence-corrected chi connectivity index (χ0v) is 14.2. The number of hydrogen-bond acceptors (Lipinski definition) is 4. The molecule has 1 aliphatic heterocycles. The van der Waals surface area contributed by atoms with Gasteiger partial charge in [-0.05, 0) is 55.0 Å². The second-order valence-corrected chi connectivity index (χ2v) is 6.93. The van der Waals surface area contributed by atoms with Gasteiger partial charge in [-0.3, -0.25) is 9.20 Å². The van der Waals surface area contributed by atoms with E-state index in [1.54, 1.807) is 17.4 Å². The van der Waals surface area contributed by atoms with E-state index in [0.29, 0.717) is 0 Å². The smallest absolute Gasteiger partial charge is 0.247 e. The van der Waals surface area contributed by atoms with Gasteiger partial charge in [-0.15, -0.1) is 21.5 Å². The summed E-state index contributed by atoms with van der Waals surface area (Å²) in [6, 6.07) is 7.88. The number of fused-ring (bicyclic) bond motifs is 1. The van der Waals surface area contributed by atoms with Crippen LogP contribution in [0.25, 0.3) is 11.7 Å². The molecule has 1 atom stereocenters. The molecule has 6 heteroatoms. The molecule has 4 heterocycles. The minimum Gasteiger partial charge on any atom is -0.329 e. The summed E-state index contributed by atoms with van der Waals surface area (Å²) in [5.41, 5.74) is 2.02. The fourth-order valence-electron chi connectivity index (χ4n) is 3.18. The van der Waals surface area contributed by atoms with E-state index in [1.165, 1.54) is 5.56 Å². The first-order chi connectivity index (χ1) is 11.7. The van der Waals surface area contributed by atoms with Gasteiger partial charge in [0.15, 0.2) is 11.5 Å². The summed E-state index contributed by atoms with van der Waals surface area (Å²) in [5.74, 6) is 0.884. The lowest BCUT2D eigenvalue weighted by molar-refractivity contribution is -0.127. The van der Waals surface area contributed by atoms with Crippen LogP contribution in [0.15, 0.2) is 41.9 Å². The molecule has 1 fully saturated rings. The zero-order chi connectivity index (χ0) is 16.5. The Balaban J connectivity index is 1.59. The summed E-state index contributed by atoms with van der Waals surface area (Å²) < 4.78 is 1.98. The molecule has 122 valence electrons. The monoisotopic (exact) mass is 338 g/mol. The first-order valence-corrected chi connectivity index (χ1v) is 8.94. The average Bonchev–Trinajstić information content (AvgIpc) is 3.31. The van der Waals surface area contributed by atoms with Crippen LogP contribution in [0.3, 0.4) is 0 Å². The second-order valence-electron chi connectivity index (χ2n) is 5.98. The average molecular weight is 338 g/mol. The van der Waals surface area contributed by atoms with Crippen LogP contribution < -0.4 is 0 Å². The summed E-state index contributed by atoms with van der Waals surface area (Å²) in [7, 11) is 0. The van der Waals surface area contributed by atoms with Gasteiger partial charge in [0.1, 0.15) is 0 Å². The van der Waals surface area contributed by atoms with Gasteiger partial charge in [-0.1, -0.05) is 6.07 Å². The van der Waals surface area contributed by atoms with Crippen LogP contribution in [0.4, 0.5) is 0 Å². The van der Waals surface area contributed by atoms with E-state index in [-0.39, 0.29) is 11.9 Å². The Morgan fingerprint density at radius 3 is 3.08 bits per heavy atom. The third kappa shape index (κ3) is 2.63. The van der Waals surface area contributed by atoms with E-state index >= 15 is 0 Å². The topological polar surface area (TPSA) is 50.5 Å². The first kappa shape index (κ1) is 15.1. The molecule has 0 bridgehead atoms. The van der Waals surface area contributed by atoms with E-state index in [9.17, 15) is 4.79 Å². The number of nitrogens with zero attached hydrogens (tertiary/aromatic N) is 4. The van der Waals surface area contributed by atoms with Crippen LogP contribution in [0.5, 0.6) is 0 Å². The lowest BCUT2D eigenvalue weighted by Gasteiger charge is -2.22. The van der Waals surface area contributed by atoms with Crippen LogP contribution in [-0.2, 0) is 4.79 Å². The van der Waals surface area contributed by atoms with Gasteiger partial charge in [0.05, 0.1) is 6.04 Å². The van der Waals surface area contributed by atoms with E-state index in [4.69, 9.17) is 0 Å². The van der Waals surface area contributed by atoms with Crippen molar-refractivity contribution in [2.45, 2.75) is 25.8 Å². The van der Waals surface area contributed by atoms with Crippen LogP contribution in [-0.4, -0.2) is 31.9 Å². The van der Waals surface area contributed by atoms with Crippen LogP contribution in [0.1, 0.15) is 35.1 Å². The molecule has 0 aromatic carbocycles. The number of aryl methyl sites for hydroxylation is 1. The Morgan fingerprint density at radius 1 is 1.33 bits per heavy atom. The number of hydrogen-bond donors (Lipinski definition) is 0. The molecule has 0 aliphatic carbocycles. The number of carbonyl (C=O) groups excluding carboxylic acids is 1. The Bertz CT molecular complexity index is 911. The Hall–Kier alpha value is -2.47. The van der Waals surface area contributed by atoms with Crippen molar-refractivity contribution in [3.8, 4) is 0 Å². The Kier molecular flexibility index (Phi) is 3.90. The molecule has 4 rings (SSSR count). The maximum Gasteiger partial charge on any atom is 0.247 e. The van der Waals surface area contributed by atoms with E-state index in [0.717, 1.165) is 35.7 Å². The van der Waals surface area contributed by atoms with E-state index in [1.807, 2.05) is 45.2 Å². The predicted octanol–water partition coefficient (Wildman–Crippen LogP) is 3.48. The van der Waals surface area contributed by atoms with Gasteiger partial charge in [0.2, 0.25) is 5.91 Å². The highest BCUT2D eigenvalue weighted by atomic mass is 32.1. The van der Waals surface area contributed by atoms with Crippen LogP contribution in [0.2, 0.25) is 0 Å². The van der Waals surface area contributed by atoms with Crippen LogP contribution in [0, 0.1) is 6.92 Å². The lowest BCUT2D eigenvalue weighted by atomic mass is 10.2. The highest BCUT2D eigenvalue weighted by Crippen LogP contribution is 2.31. The number of rotatable bonds is 3. The summed E-state index contributed by atoms with van der Waals surface area (Å²) >= 11 is 1.65. The number of likely N-dealkylation sites (tertiary alicyclic amines) is 1. The largest absolute Gasteiger partial charge is 0.329 e. The molecule has 1 amide bonds. The van der Waals surface area contributed by atoms with Gasteiger partial charge >= 0.3 is 0 Å². The molecule has 24 heavy (non-hydrogen) atoms. The van der Waals surface area contributed by atoms with Crippen molar-refractivity contribution in [2.24, 2.45) is 0 Å². The molecule has 0 saturated carbocycles. The number of pyridine rings is 1. The maximum atomic E-state index is 12.7. The maximum absolute atomic E-state index is 12.7. The Labute approximate surface area is 144 Å². The van der Waals surface area contributed by atoms with E-state index in [2.05, 4.69) is 23.2 Å². The van der Waals surface area contributed by atoms with Crippen molar-refractivity contribution >= 4 is 29.0 Å². The number of thiophene rings is 1. The molecule has 0 radical (unpaired) electrons. The molecule has 0 spiro atoms. The van der Waals surface area contributed by atoms with Crippen molar-refractivity contribution in [3.63, 3.8) is 0 Å². The number of aromatic nitrogens is 3. The molecule has 1 unspecified atom stereocenters. The normalized spacial score (nSPS) is 18.0. The van der Waals surface area contributed by atoms with E-state index < -0.39 is 0 Å². The standard InChI is InChI=1S/C18H18N4OS/c1-13-9-12-24-15(13)7-8-17(23)21-11-4-5-14(21)18-20-19-16-6-2-3-10-22(16)18/h2-3,6-10,12,14H,4-5,11H2,1H3/b8-7+. The molecule has 5 nitrogen and oxygen atoms in total. The summed E-state index contributed by atoms with van der Waals surface area (Å²) in [4.78, 5) is 15.7. The van der Waals surface area contributed by atoms with Gasteiger partial charge in [-0.2, -0.15) is 0 Å².